The number of hydrogen-bond donors (Lipinski definition) is 2. The van der Waals surface area contributed by atoms with E-state index in [0.29, 0.717) is 34.9 Å². The van der Waals surface area contributed by atoms with E-state index in [9.17, 15) is 14.7 Å². The average molecular weight is 497 g/mol. The van der Waals surface area contributed by atoms with Gasteiger partial charge in [0.25, 0.3) is 5.78 Å². The molecule has 0 saturated carbocycles. The first-order valence-electron chi connectivity index (χ1n) is 12.2. The molecular formula is C29H28N4O4. The van der Waals surface area contributed by atoms with E-state index in [1.165, 1.54) is 4.90 Å². The van der Waals surface area contributed by atoms with Crippen LogP contribution in [0.3, 0.4) is 0 Å². The third-order valence-electron chi connectivity index (χ3n) is 6.34. The quantitative estimate of drug-likeness (QED) is 0.215. The monoisotopic (exact) mass is 496 g/mol. The highest BCUT2D eigenvalue weighted by Gasteiger charge is 2.48. The van der Waals surface area contributed by atoms with Crippen LogP contribution in [0.5, 0.6) is 5.75 Å². The lowest BCUT2D eigenvalue weighted by Gasteiger charge is -2.23. The summed E-state index contributed by atoms with van der Waals surface area (Å²) in [6.07, 6.45) is 3.17. The van der Waals surface area contributed by atoms with Crippen LogP contribution < -0.4 is 9.64 Å². The second kappa shape index (κ2) is 9.54. The molecule has 1 unspecified atom stereocenters. The van der Waals surface area contributed by atoms with Gasteiger partial charge in [0.15, 0.2) is 0 Å². The van der Waals surface area contributed by atoms with Gasteiger partial charge in [-0.1, -0.05) is 19.9 Å². The van der Waals surface area contributed by atoms with Crippen molar-refractivity contribution in [3.05, 3.63) is 88.8 Å². The predicted molar refractivity (Wildman–Crippen MR) is 141 cm³/mol. The van der Waals surface area contributed by atoms with Crippen LogP contribution in [-0.2, 0) is 9.59 Å². The van der Waals surface area contributed by atoms with Crippen molar-refractivity contribution in [2.24, 2.45) is 5.92 Å². The number of aliphatic hydroxyl groups is 1. The Hall–Kier alpha value is -4.46. The number of ether oxygens (including phenoxy) is 1. The van der Waals surface area contributed by atoms with Crippen molar-refractivity contribution < 1.29 is 19.4 Å². The fourth-order valence-electron chi connectivity index (χ4n) is 4.51. The van der Waals surface area contributed by atoms with Crippen molar-refractivity contribution in [3.8, 4) is 5.75 Å². The van der Waals surface area contributed by atoms with Gasteiger partial charge in [-0.15, -0.1) is 0 Å². The summed E-state index contributed by atoms with van der Waals surface area (Å²) in [6, 6.07) is 13.5. The molecule has 2 aromatic carbocycles. The van der Waals surface area contributed by atoms with Crippen LogP contribution in [0.1, 0.15) is 42.1 Å². The van der Waals surface area contributed by atoms with E-state index in [1.807, 2.05) is 32.0 Å². The Balaban J connectivity index is 1.63. The van der Waals surface area contributed by atoms with Gasteiger partial charge in [0, 0.05) is 18.0 Å². The van der Waals surface area contributed by atoms with Gasteiger partial charge in [-0.3, -0.25) is 19.5 Å². The summed E-state index contributed by atoms with van der Waals surface area (Å²) in [5, 5.41) is 11.4. The van der Waals surface area contributed by atoms with Crippen molar-refractivity contribution in [2.75, 3.05) is 11.5 Å². The summed E-state index contributed by atoms with van der Waals surface area (Å²) >= 11 is 0. The molecule has 3 heterocycles. The number of aliphatic hydroxyl groups excluding tert-OH is 1. The Morgan fingerprint density at radius 2 is 1.84 bits per heavy atom. The number of anilines is 1. The zero-order chi connectivity index (χ0) is 26.3. The van der Waals surface area contributed by atoms with Crippen LogP contribution in [0, 0.1) is 19.8 Å². The number of rotatable bonds is 6. The normalized spacial score (nSPS) is 17.2. The second-order valence-corrected chi connectivity index (χ2v) is 9.72. The number of aromatic amines is 1. The number of aromatic nitrogens is 3. The fraction of sp³-hybridized carbons (Fsp3) is 0.241. The molecule has 4 aromatic rings. The zero-order valence-electron chi connectivity index (χ0n) is 21.1. The number of Topliss-reactive ketones (excluding diaryl/α,β-unsaturated/α-hetero) is 1. The summed E-state index contributed by atoms with van der Waals surface area (Å²) in [5.41, 5.74) is 4.30. The van der Waals surface area contributed by atoms with Crippen LogP contribution in [-0.4, -0.2) is 38.4 Å². The van der Waals surface area contributed by atoms with E-state index in [1.54, 1.807) is 42.7 Å². The first-order valence-corrected chi connectivity index (χ1v) is 12.2. The smallest absolute Gasteiger partial charge is 0.302 e. The lowest BCUT2D eigenvalue weighted by molar-refractivity contribution is -0.132. The van der Waals surface area contributed by atoms with Crippen molar-refractivity contribution in [1.82, 2.24) is 15.0 Å². The summed E-state index contributed by atoms with van der Waals surface area (Å²) in [5.74, 6) is -0.508. The SMILES string of the molecule is Cc1ccc2nc(N3C(=O)C(=O)/C(=C(/O)c4ccc(OCC(C)C)c(C)c4)C3c3ccncc3)[nH]c2c1. The lowest BCUT2D eigenvalue weighted by atomic mass is 9.95. The van der Waals surface area contributed by atoms with E-state index >= 15 is 0 Å². The highest BCUT2D eigenvalue weighted by atomic mass is 16.5. The van der Waals surface area contributed by atoms with Crippen LogP contribution >= 0.6 is 0 Å². The van der Waals surface area contributed by atoms with Crippen molar-refractivity contribution in [1.29, 1.82) is 0 Å². The number of imidazole rings is 1. The number of aryl methyl sites for hydroxylation is 2. The summed E-state index contributed by atoms with van der Waals surface area (Å²) < 4.78 is 5.85. The van der Waals surface area contributed by atoms with Crippen molar-refractivity contribution in [2.45, 2.75) is 33.7 Å². The highest BCUT2D eigenvalue weighted by molar-refractivity contribution is 6.51. The molecule has 1 aliphatic rings. The van der Waals surface area contributed by atoms with Crippen LogP contribution in [0.4, 0.5) is 5.95 Å². The van der Waals surface area contributed by atoms with Gasteiger partial charge in [0.2, 0.25) is 5.95 Å². The molecule has 1 atom stereocenters. The van der Waals surface area contributed by atoms with Gasteiger partial charge < -0.3 is 14.8 Å². The van der Waals surface area contributed by atoms with Gasteiger partial charge in [-0.2, -0.15) is 0 Å². The Bertz CT molecular complexity index is 1540. The fourth-order valence-corrected chi connectivity index (χ4v) is 4.51. The maximum absolute atomic E-state index is 13.4. The number of benzene rings is 2. The molecule has 37 heavy (non-hydrogen) atoms. The Labute approximate surface area is 214 Å². The molecule has 2 N–H and O–H groups in total. The summed E-state index contributed by atoms with van der Waals surface area (Å²) in [4.78, 5) is 39.9. The summed E-state index contributed by atoms with van der Waals surface area (Å²) in [6.45, 7) is 8.54. The number of ketones is 1. The molecule has 1 saturated heterocycles. The van der Waals surface area contributed by atoms with Gasteiger partial charge >= 0.3 is 5.91 Å². The Kier molecular flexibility index (Phi) is 6.25. The number of nitrogens with zero attached hydrogens (tertiary/aromatic N) is 3. The molecule has 0 bridgehead atoms. The maximum atomic E-state index is 13.4. The van der Waals surface area contributed by atoms with Crippen molar-refractivity contribution in [3.63, 3.8) is 0 Å². The van der Waals surface area contributed by atoms with Gasteiger partial charge in [-0.05, 0) is 78.9 Å². The third-order valence-corrected chi connectivity index (χ3v) is 6.34. The highest BCUT2D eigenvalue weighted by Crippen LogP contribution is 2.42. The van der Waals surface area contributed by atoms with E-state index in [2.05, 4.69) is 28.8 Å². The zero-order valence-corrected chi connectivity index (χ0v) is 21.1. The predicted octanol–water partition coefficient (Wildman–Crippen LogP) is 5.24. The van der Waals surface area contributed by atoms with E-state index in [0.717, 1.165) is 16.6 Å². The second-order valence-electron chi connectivity index (χ2n) is 9.72. The van der Waals surface area contributed by atoms with Crippen LogP contribution in [0.15, 0.2) is 66.5 Å². The molecule has 5 rings (SSSR count). The lowest BCUT2D eigenvalue weighted by Crippen LogP contribution is -2.30. The molecule has 1 aliphatic heterocycles. The molecule has 8 heteroatoms. The minimum absolute atomic E-state index is 0.0110. The standard InChI is InChI=1S/C29H28N4O4/c1-16(2)15-37-23-8-6-20(14-18(23)4)26(34)24-25(19-9-11-30-12-10-19)33(28(36)27(24)35)29-31-21-7-5-17(3)13-22(21)32-29/h5-14,16,25,34H,15H2,1-4H3,(H,31,32)/b26-24+. The molecule has 8 nitrogen and oxygen atoms in total. The molecule has 1 amide bonds. The topological polar surface area (TPSA) is 108 Å². The van der Waals surface area contributed by atoms with Crippen LogP contribution in [0.2, 0.25) is 0 Å². The number of carbonyl (C=O) groups is 2. The number of pyridine rings is 1. The first kappa shape index (κ1) is 24.2. The van der Waals surface area contributed by atoms with Gasteiger partial charge in [0.1, 0.15) is 11.5 Å². The molecular weight excluding hydrogens is 468 g/mol. The molecule has 0 spiro atoms. The third kappa shape index (κ3) is 4.46. The Morgan fingerprint density at radius 3 is 2.54 bits per heavy atom. The molecule has 188 valence electrons. The number of nitrogens with one attached hydrogen (secondary N) is 1. The minimum Gasteiger partial charge on any atom is -0.507 e. The van der Waals surface area contributed by atoms with Gasteiger partial charge in [0.05, 0.1) is 29.3 Å². The Morgan fingerprint density at radius 1 is 1.08 bits per heavy atom. The number of amides is 1. The molecule has 0 aliphatic carbocycles. The number of carbonyl (C=O) groups excluding carboxylic acids is 2. The maximum Gasteiger partial charge on any atom is 0.302 e. The molecule has 2 aromatic heterocycles. The van der Waals surface area contributed by atoms with Crippen molar-refractivity contribution >= 4 is 34.4 Å². The van der Waals surface area contributed by atoms with E-state index in [-0.39, 0.29) is 17.3 Å². The van der Waals surface area contributed by atoms with E-state index < -0.39 is 17.7 Å². The average Bonchev–Trinajstić information content (AvgIpc) is 3.40. The number of H-pyrrole nitrogens is 1. The largest absolute Gasteiger partial charge is 0.507 e. The van der Waals surface area contributed by atoms with E-state index in [4.69, 9.17) is 4.74 Å². The first-order chi connectivity index (χ1) is 17.7. The molecule has 0 radical (unpaired) electrons. The van der Waals surface area contributed by atoms with Crippen LogP contribution in [0.25, 0.3) is 16.8 Å². The minimum atomic E-state index is -0.887. The summed E-state index contributed by atoms with van der Waals surface area (Å²) in [7, 11) is 0. The number of fused-ring (bicyclic) bond motifs is 1. The molecule has 1 fully saturated rings. The number of hydrogen-bond acceptors (Lipinski definition) is 6. The van der Waals surface area contributed by atoms with Gasteiger partial charge in [-0.25, -0.2) is 4.98 Å².